The van der Waals surface area contributed by atoms with Crippen molar-refractivity contribution in [3.8, 4) is 5.75 Å². The second-order valence-corrected chi connectivity index (χ2v) is 5.13. The molecule has 0 heterocycles. The van der Waals surface area contributed by atoms with Crippen LogP contribution < -0.4 is 10.1 Å². The van der Waals surface area contributed by atoms with Gasteiger partial charge >= 0.3 is 0 Å². The van der Waals surface area contributed by atoms with Crippen LogP contribution in [0.15, 0.2) is 36.4 Å². The standard InChI is InChI=1S/C16H19NO2/c1-16(2,17-3)15(18)13-6-5-12-10-14(19-4)8-7-11(12)9-13/h5-10,17H,1-4H3. The summed E-state index contributed by atoms with van der Waals surface area (Å²) in [6.07, 6.45) is 0. The molecule has 0 aliphatic carbocycles. The lowest BCUT2D eigenvalue weighted by molar-refractivity contribution is 0.0890. The van der Waals surface area contributed by atoms with Crippen molar-refractivity contribution < 1.29 is 9.53 Å². The van der Waals surface area contributed by atoms with Crippen LogP contribution in [0, 0.1) is 0 Å². The first-order chi connectivity index (χ1) is 8.97. The third-order valence-corrected chi connectivity index (χ3v) is 3.50. The molecule has 0 aromatic heterocycles. The van der Waals surface area contributed by atoms with Crippen molar-refractivity contribution >= 4 is 16.6 Å². The number of benzene rings is 2. The maximum absolute atomic E-state index is 12.4. The van der Waals surface area contributed by atoms with Crippen LogP contribution in [0.4, 0.5) is 0 Å². The van der Waals surface area contributed by atoms with Gasteiger partial charge in [0.2, 0.25) is 0 Å². The lowest BCUT2D eigenvalue weighted by atomic mass is 9.92. The van der Waals surface area contributed by atoms with Gasteiger partial charge in [-0.2, -0.15) is 0 Å². The number of carbonyl (C=O) groups is 1. The highest BCUT2D eigenvalue weighted by Gasteiger charge is 2.26. The molecule has 0 saturated heterocycles. The summed E-state index contributed by atoms with van der Waals surface area (Å²) >= 11 is 0. The number of carbonyl (C=O) groups excluding carboxylic acids is 1. The Labute approximate surface area is 113 Å². The van der Waals surface area contributed by atoms with E-state index in [0.717, 1.165) is 22.1 Å². The Bertz CT molecular complexity index is 617. The molecule has 0 fully saturated rings. The number of hydrogen-bond acceptors (Lipinski definition) is 3. The first kappa shape index (κ1) is 13.6. The van der Waals surface area contributed by atoms with Crippen molar-refractivity contribution in [2.24, 2.45) is 0 Å². The predicted molar refractivity (Wildman–Crippen MR) is 78.0 cm³/mol. The summed E-state index contributed by atoms with van der Waals surface area (Å²) in [5, 5.41) is 5.14. The Balaban J connectivity index is 2.45. The van der Waals surface area contributed by atoms with Gasteiger partial charge in [0.05, 0.1) is 12.6 Å². The minimum absolute atomic E-state index is 0.0905. The Hall–Kier alpha value is -1.87. The minimum Gasteiger partial charge on any atom is -0.497 e. The second-order valence-electron chi connectivity index (χ2n) is 5.13. The number of nitrogens with one attached hydrogen (secondary N) is 1. The summed E-state index contributed by atoms with van der Waals surface area (Å²) in [6, 6.07) is 11.6. The van der Waals surface area contributed by atoms with Crippen molar-refractivity contribution in [3.63, 3.8) is 0 Å². The summed E-state index contributed by atoms with van der Waals surface area (Å²) < 4.78 is 5.19. The van der Waals surface area contributed by atoms with Crippen LogP contribution in [-0.2, 0) is 0 Å². The highest BCUT2D eigenvalue weighted by atomic mass is 16.5. The molecule has 0 atom stereocenters. The predicted octanol–water partition coefficient (Wildman–Crippen LogP) is 3.03. The lowest BCUT2D eigenvalue weighted by Gasteiger charge is -2.22. The second kappa shape index (κ2) is 5.02. The first-order valence-corrected chi connectivity index (χ1v) is 6.29. The number of methoxy groups -OCH3 is 1. The third-order valence-electron chi connectivity index (χ3n) is 3.50. The molecule has 2 aromatic rings. The molecule has 0 saturated carbocycles. The van der Waals surface area contributed by atoms with Crippen LogP contribution in [0.5, 0.6) is 5.75 Å². The van der Waals surface area contributed by atoms with Crippen LogP contribution >= 0.6 is 0 Å². The first-order valence-electron chi connectivity index (χ1n) is 6.29. The molecule has 2 aromatic carbocycles. The quantitative estimate of drug-likeness (QED) is 0.856. The van der Waals surface area contributed by atoms with E-state index in [0.29, 0.717) is 0 Å². The molecule has 3 nitrogen and oxygen atoms in total. The van der Waals surface area contributed by atoms with E-state index >= 15 is 0 Å². The van der Waals surface area contributed by atoms with Crippen LogP contribution in [0.1, 0.15) is 24.2 Å². The van der Waals surface area contributed by atoms with Crippen molar-refractivity contribution in [2.75, 3.05) is 14.2 Å². The average molecular weight is 257 g/mol. The summed E-state index contributed by atoms with van der Waals surface area (Å²) in [5.41, 5.74) is 0.164. The van der Waals surface area contributed by atoms with Gasteiger partial charge in [0, 0.05) is 5.56 Å². The van der Waals surface area contributed by atoms with Gasteiger partial charge in [0.25, 0.3) is 0 Å². The molecule has 0 aliphatic rings. The van der Waals surface area contributed by atoms with Gasteiger partial charge in [-0.15, -0.1) is 0 Å². The zero-order valence-corrected chi connectivity index (χ0v) is 11.8. The fraction of sp³-hybridized carbons (Fsp3) is 0.312. The van der Waals surface area contributed by atoms with E-state index in [1.54, 1.807) is 14.2 Å². The molecule has 19 heavy (non-hydrogen) atoms. The van der Waals surface area contributed by atoms with E-state index in [1.165, 1.54) is 0 Å². The van der Waals surface area contributed by atoms with Gasteiger partial charge in [-0.3, -0.25) is 4.79 Å². The molecular formula is C16H19NO2. The maximum atomic E-state index is 12.4. The molecular weight excluding hydrogens is 238 g/mol. The van der Waals surface area contributed by atoms with Gasteiger partial charge in [-0.1, -0.05) is 18.2 Å². The van der Waals surface area contributed by atoms with Crippen LogP contribution in [0.3, 0.4) is 0 Å². The molecule has 2 rings (SSSR count). The Morgan fingerprint density at radius 1 is 1.11 bits per heavy atom. The molecule has 1 N–H and O–H groups in total. The summed E-state index contributed by atoms with van der Waals surface area (Å²) in [7, 11) is 3.44. The fourth-order valence-electron chi connectivity index (χ4n) is 1.97. The molecule has 0 spiro atoms. The highest BCUT2D eigenvalue weighted by Crippen LogP contribution is 2.23. The van der Waals surface area contributed by atoms with Gasteiger partial charge in [0.15, 0.2) is 5.78 Å². The average Bonchev–Trinajstić information content (AvgIpc) is 2.45. The molecule has 0 aliphatic heterocycles. The van der Waals surface area contributed by atoms with Gasteiger partial charge in [-0.25, -0.2) is 0 Å². The summed E-state index contributed by atoms with van der Waals surface area (Å²) in [4.78, 5) is 12.4. The maximum Gasteiger partial charge on any atom is 0.182 e. The van der Waals surface area contributed by atoms with Gasteiger partial charge < -0.3 is 10.1 Å². The van der Waals surface area contributed by atoms with E-state index < -0.39 is 5.54 Å². The molecule has 0 unspecified atom stereocenters. The SMILES string of the molecule is CNC(C)(C)C(=O)c1ccc2cc(OC)ccc2c1. The molecule has 100 valence electrons. The van der Waals surface area contributed by atoms with Crippen molar-refractivity contribution in [2.45, 2.75) is 19.4 Å². The van der Waals surface area contributed by atoms with Gasteiger partial charge in [-0.05, 0) is 49.9 Å². The van der Waals surface area contributed by atoms with Crippen LogP contribution in [0.2, 0.25) is 0 Å². The minimum atomic E-state index is -0.555. The fourth-order valence-corrected chi connectivity index (χ4v) is 1.97. The number of Topliss-reactive ketones (excluding diaryl/α,β-unsaturated/α-hetero) is 1. The lowest BCUT2D eigenvalue weighted by Crippen LogP contribution is -2.44. The molecule has 3 heteroatoms. The number of likely N-dealkylation sites (N-methyl/N-ethyl adjacent to an activating group) is 1. The Morgan fingerprint density at radius 3 is 2.37 bits per heavy atom. The monoisotopic (exact) mass is 257 g/mol. The highest BCUT2D eigenvalue weighted by molar-refractivity contribution is 6.05. The number of fused-ring (bicyclic) bond motifs is 1. The van der Waals surface area contributed by atoms with Crippen molar-refractivity contribution in [1.29, 1.82) is 0 Å². The van der Waals surface area contributed by atoms with Gasteiger partial charge in [0.1, 0.15) is 5.75 Å². The van der Waals surface area contributed by atoms with E-state index in [-0.39, 0.29) is 5.78 Å². The van der Waals surface area contributed by atoms with E-state index in [4.69, 9.17) is 4.74 Å². The summed E-state index contributed by atoms with van der Waals surface area (Å²) in [5.74, 6) is 0.912. The number of hydrogen-bond donors (Lipinski definition) is 1. The van der Waals surface area contributed by atoms with E-state index in [2.05, 4.69) is 5.32 Å². The Morgan fingerprint density at radius 2 is 1.74 bits per heavy atom. The molecule has 0 amide bonds. The van der Waals surface area contributed by atoms with Crippen LogP contribution in [0.25, 0.3) is 10.8 Å². The largest absolute Gasteiger partial charge is 0.497 e. The van der Waals surface area contributed by atoms with E-state index in [9.17, 15) is 4.79 Å². The molecule has 0 bridgehead atoms. The number of ketones is 1. The zero-order chi connectivity index (χ0) is 14.0. The zero-order valence-electron chi connectivity index (χ0n) is 11.8. The van der Waals surface area contributed by atoms with Crippen molar-refractivity contribution in [1.82, 2.24) is 5.32 Å². The van der Waals surface area contributed by atoms with Crippen molar-refractivity contribution in [3.05, 3.63) is 42.0 Å². The summed E-state index contributed by atoms with van der Waals surface area (Å²) in [6.45, 7) is 3.76. The third kappa shape index (κ3) is 2.61. The smallest absolute Gasteiger partial charge is 0.182 e. The van der Waals surface area contributed by atoms with E-state index in [1.807, 2.05) is 50.2 Å². The number of rotatable bonds is 4. The Kier molecular flexibility index (Phi) is 3.58. The normalized spacial score (nSPS) is 11.6. The topological polar surface area (TPSA) is 38.3 Å². The number of ether oxygens (including phenoxy) is 1. The molecule has 0 radical (unpaired) electrons. The van der Waals surface area contributed by atoms with Crippen LogP contribution in [-0.4, -0.2) is 25.5 Å².